The van der Waals surface area contributed by atoms with Crippen molar-refractivity contribution in [1.29, 1.82) is 0 Å². The molecule has 0 saturated carbocycles. The summed E-state index contributed by atoms with van der Waals surface area (Å²) in [4.78, 5) is 0. The largest absolute Gasteiger partial charge is 0.398 e. The number of anilines is 2. The van der Waals surface area contributed by atoms with Crippen LogP contribution in [0.5, 0.6) is 0 Å². The first-order valence-corrected chi connectivity index (χ1v) is 7.21. The highest BCUT2D eigenvalue weighted by molar-refractivity contribution is 5.82. The number of allylic oxidation sites excluding steroid dienone is 1. The zero-order chi connectivity index (χ0) is 15.7. The molecular weight excluding hydrogens is 256 g/mol. The topological polar surface area (TPSA) is 52.0 Å². The van der Waals surface area contributed by atoms with E-state index in [-0.39, 0.29) is 0 Å². The van der Waals surface area contributed by atoms with Crippen molar-refractivity contribution >= 4 is 23.0 Å². The van der Waals surface area contributed by atoms with Gasteiger partial charge in [-0.05, 0) is 97.8 Å². The van der Waals surface area contributed by atoms with E-state index in [1.165, 1.54) is 16.7 Å². The highest BCUT2D eigenvalue weighted by Gasteiger charge is 2.05. The van der Waals surface area contributed by atoms with Crippen molar-refractivity contribution in [1.82, 2.24) is 0 Å². The van der Waals surface area contributed by atoms with Crippen LogP contribution in [0.1, 0.15) is 40.3 Å². The van der Waals surface area contributed by atoms with Gasteiger partial charge >= 0.3 is 0 Å². The Kier molecular flexibility index (Phi) is 4.08. The minimum atomic E-state index is 0.879. The number of nitrogen functional groups attached to an aromatic ring is 2. The predicted molar refractivity (Wildman–Crippen MR) is 94.2 cm³/mol. The second kappa shape index (κ2) is 5.65. The number of hydrogen-bond donors (Lipinski definition) is 2. The quantitative estimate of drug-likeness (QED) is 0.621. The van der Waals surface area contributed by atoms with Gasteiger partial charge in [0.2, 0.25) is 0 Å². The van der Waals surface area contributed by atoms with Crippen molar-refractivity contribution in [3.63, 3.8) is 0 Å². The van der Waals surface area contributed by atoms with Crippen LogP contribution in [0.25, 0.3) is 11.6 Å². The molecule has 2 nitrogen and oxygen atoms in total. The molecular formula is C19H24N2. The van der Waals surface area contributed by atoms with Crippen LogP contribution >= 0.6 is 0 Å². The lowest BCUT2D eigenvalue weighted by molar-refractivity contribution is 1.36. The Bertz CT molecular complexity index is 678. The first-order valence-electron chi connectivity index (χ1n) is 7.21. The normalized spacial score (nSPS) is 11.8. The zero-order valence-electron chi connectivity index (χ0n) is 13.5. The Hall–Kier alpha value is -2.22. The summed E-state index contributed by atoms with van der Waals surface area (Å²) in [5.74, 6) is 0. The van der Waals surface area contributed by atoms with E-state index >= 15 is 0 Å². The van der Waals surface area contributed by atoms with Crippen molar-refractivity contribution in [2.45, 2.75) is 34.6 Å². The minimum Gasteiger partial charge on any atom is -0.398 e. The van der Waals surface area contributed by atoms with Crippen LogP contribution in [0, 0.1) is 27.7 Å². The van der Waals surface area contributed by atoms with Crippen molar-refractivity contribution in [3.05, 3.63) is 57.6 Å². The van der Waals surface area contributed by atoms with E-state index in [2.05, 4.69) is 51.1 Å². The Morgan fingerprint density at radius 2 is 1.14 bits per heavy atom. The van der Waals surface area contributed by atoms with Gasteiger partial charge in [0.25, 0.3) is 0 Å². The molecule has 2 aromatic rings. The second-order valence-corrected chi connectivity index (χ2v) is 5.92. The van der Waals surface area contributed by atoms with E-state index in [1.807, 2.05) is 13.8 Å². The van der Waals surface area contributed by atoms with Gasteiger partial charge in [-0.15, -0.1) is 0 Å². The number of hydrogen-bond acceptors (Lipinski definition) is 2. The van der Waals surface area contributed by atoms with E-state index in [9.17, 15) is 0 Å². The highest BCUT2D eigenvalue weighted by atomic mass is 14.6. The summed E-state index contributed by atoms with van der Waals surface area (Å²) in [5, 5.41) is 0. The Labute approximate surface area is 127 Å². The molecule has 0 aliphatic heterocycles. The summed E-state index contributed by atoms with van der Waals surface area (Å²) in [7, 11) is 0. The second-order valence-electron chi connectivity index (χ2n) is 5.92. The number of aryl methyl sites for hydroxylation is 4. The summed E-state index contributed by atoms with van der Waals surface area (Å²) in [6.07, 6.45) is 2.20. The Morgan fingerprint density at radius 3 is 1.57 bits per heavy atom. The third-order valence-electron chi connectivity index (χ3n) is 4.05. The monoisotopic (exact) mass is 280 g/mol. The van der Waals surface area contributed by atoms with Gasteiger partial charge in [0.05, 0.1) is 0 Å². The van der Waals surface area contributed by atoms with E-state index in [1.54, 1.807) is 0 Å². The average Bonchev–Trinajstić information content (AvgIpc) is 2.41. The fraction of sp³-hybridized carbons (Fsp3) is 0.263. The maximum atomic E-state index is 6.03. The van der Waals surface area contributed by atoms with Crippen molar-refractivity contribution < 1.29 is 0 Å². The molecule has 2 heteroatoms. The molecule has 0 aromatic heterocycles. The van der Waals surface area contributed by atoms with Crippen LogP contribution in [0.4, 0.5) is 11.4 Å². The van der Waals surface area contributed by atoms with E-state index in [0.29, 0.717) is 0 Å². The van der Waals surface area contributed by atoms with E-state index in [4.69, 9.17) is 11.5 Å². The molecule has 0 atom stereocenters. The maximum Gasteiger partial charge on any atom is 0.0373 e. The fourth-order valence-corrected chi connectivity index (χ4v) is 2.63. The van der Waals surface area contributed by atoms with Gasteiger partial charge in [0.15, 0.2) is 0 Å². The third-order valence-corrected chi connectivity index (χ3v) is 4.05. The van der Waals surface area contributed by atoms with Crippen molar-refractivity contribution in [2.24, 2.45) is 0 Å². The molecule has 21 heavy (non-hydrogen) atoms. The molecule has 4 N–H and O–H groups in total. The van der Waals surface area contributed by atoms with Gasteiger partial charge in [-0.3, -0.25) is 0 Å². The zero-order valence-corrected chi connectivity index (χ0v) is 13.5. The van der Waals surface area contributed by atoms with Gasteiger partial charge in [0.1, 0.15) is 0 Å². The standard InChI is InChI=1S/C19H24N2/c1-11(17-9-14(4)19(21)15(5)10-17)6-16-7-12(2)18(20)13(3)8-16/h6-10H,20-21H2,1-5H3/b11-6+. The van der Waals surface area contributed by atoms with Crippen LogP contribution in [0.3, 0.4) is 0 Å². The molecule has 110 valence electrons. The van der Waals surface area contributed by atoms with Crippen molar-refractivity contribution in [2.75, 3.05) is 11.5 Å². The lowest BCUT2D eigenvalue weighted by Crippen LogP contribution is -1.96. The smallest absolute Gasteiger partial charge is 0.0373 e. The number of rotatable bonds is 2. The van der Waals surface area contributed by atoms with Crippen LogP contribution in [-0.4, -0.2) is 0 Å². The van der Waals surface area contributed by atoms with Crippen molar-refractivity contribution in [3.8, 4) is 0 Å². The molecule has 0 heterocycles. The maximum absolute atomic E-state index is 6.03. The molecule has 0 aliphatic carbocycles. The summed E-state index contributed by atoms with van der Waals surface area (Å²) in [5.41, 5.74) is 21.9. The molecule has 0 spiro atoms. The lowest BCUT2D eigenvalue weighted by atomic mass is 9.97. The van der Waals surface area contributed by atoms with Crippen LogP contribution in [0.2, 0.25) is 0 Å². The highest BCUT2D eigenvalue weighted by Crippen LogP contribution is 2.26. The molecule has 0 fully saturated rings. The average molecular weight is 280 g/mol. The van der Waals surface area contributed by atoms with Crippen LogP contribution in [0.15, 0.2) is 24.3 Å². The van der Waals surface area contributed by atoms with Crippen LogP contribution < -0.4 is 11.5 Å². The van der Waals surface area contributed by atoms with Gasteiger partial charge in [-0.1, -0.05) is 6.08 Å². The van der Waals surface area contributed by atoms with E-state index < -0.39 is 0 Å². The summed E-state index contributed by atoms with van der Waals surface area (Å²) in [6.45, 7) is 10.3. The Balaban J connectivity index is 2.46. The predicted octanol–water partition coefficient (Wildman–Crippen LogP) is 4.65. The molecule has 2 aromatic carbocycles. The molecule has 0 aliphatic rings. The minimum absolute atomic E-state index is 0.879. The lowest BCUT2D eigenvalue weighted by Gasteiger charge is -2.11. The first kappa shape index (κ1) is 15.2. The summed E-state index contributed by atoms with van der Waals surface area (Å²) in [6, 6.07) is 8.54. The molecule has 2 rings (SSSR count). The SMILES string of the molecule is C/C(=C\c1cc(C)c(N)c(C)c1)c1cc(C)c(N)c(C)c1. The van der Waals surface area contributed by atoms with Gasteiger partial charge in [0, 0.05) is 11.4 Å². The van der Waals surface area contributed by atoms with Gasteiger partial charge in [-0.2, -0.15) is 0 Å². The molecule has 0 bridgehead atoms. The molecule has 0 radical (unpaired) electrons. The molecule has 0 amide bonds. The summed E-state index contributed by atoms with van der Waals surface area (Å²) >= 11 is 0. The third kappa shape index (κ3) is 3.10. The van der Waals surface area contributed by atoms with Crippen LogP contribution in [-0.2, 0) is 0 Å². The molecule has 0 unspecified atom stereocenters. The van der Waals surface area contributed by atoms with E-state index in [0.717, 1.165) is 33.6 Å². The number of benzene rings is 2. The number of nitrogens with two attached hydrogens (primary N) is 2. The fourth-order valence-electron chi connectivity index (χ4n) is 2.63. The first-order chi connectivity index (χ1) is 9.79. The van der Waals surface area contributed by atoms with Gasteiger partial charge < -0.3 is 11.5 Å². The Morgan fingerprint density at radius 1 is 0.762 bits per heavy atom. The summed E-state index contributed by atoms with van der Waals surface area (Å²) < 4.78 is 0. The van der Waals surface area contributed by atoms with Gasteiger partial charge in [-0.25, -0.2) is 0 Å². The molecule has 0 saturated heterocycles.